The number of nitrogen functional groups attached to an aromatic ring is 2. The van der Waals surface area contributed by atoms with Gasteiger partial charge in [-0.2, -0.15) is 0 Å². The van der Waals surface area contributed by atoms with Crippen LogP contribution in [0.3, 0.4) is 0 Å². The second kappa shape index (κ2) is 5.08. The highest BCUT2D eigenvalue weighted by atomic mass is 35.5. The van der Waals surface area contributed by atoms with Gasteiger partial charge in [-0.3, -0.25) is 0 Å². The molecule has 0 saturated carbocycles. The van der Waals surface area contributed by atoms with Crippen LogP contribution in [0.1, 0.15) is 19.2 Å². The van der Waals surface area contributed by atoms with Gasteiger partial charge in [-0.1, -0.05) is 30.1 Å². The number of benzene rings is 1. The Kier molecular flexibility index (Phi) is 3.68. The van der Waals surface area contributed by atoms with E-state index in [-0.39, 0.29) is 0 Å². The number of imidazole rings is 1. The standard InChI is InChI=1S/C12H14Cl2N4/c1-2-3-10-17-11(12(15)18(10)16)8-6-7(13)4-5-9(8)14/h4-6H,2-3,15-16H2,1H3. The summed E-state index contributed by atoms with van der Waals surface area (Å²) in [6.07, 6.45) is 1.70. The highest BCUT2D eigenvalue weighted by Gasteiger charge is 2.16. The normalized spacial score (nSPS) is 10.8. The Balaban J connectivity index is 2.57. The molecule has 0 unspecified atom stereocenters. The monoisotopic (exact) mass is 284 g/mol. The fraction of sp³-hybridized carbons (Fsp3) is 0.250. The molecule has 0 spiro atoms. The van der Waals surface area contributed by atoms with Gasteiger partial charge in [0.25, 0.3) is 0 Å². The lowest BCUT2D eigenvalue weighted by atomic mass is 10.1. The first kappa shape index (κ1) is 13.1. The third-order valence-corrected chi connectivity index (χ3v) is 3.24. The fourth-order valence-electron chi connectivity index (χ4n) is 1.77. The van der Waals surface area contributed by atoms with Crippen LogP contribution in [0.5, 0.6) is 0 Å². The molecule has 0 radical (unpaired) electrons. The molecule has 4 N–H and O–H groups in total. The van der Waals surface area contributed by atoms with Crippen molar-refractivity contribution in [2.24, 2.45) is 0 Å². The van der Waals surface area contributed by atoms with Crippen molar-refractivity contribution in [1.29, 1.82) is 0 Å². The van der Waals surface area contributed by atoms with Gasteiger partial charge in [0, 0.05) is 17.0 Å². The molecule has 1 aromatic heterocycles. The Morgan fingerprint density at radius 2 is 2.06 bits per heavy atom. The Hall–Kier alpha value is -1.39. The van der Waals surface area contributed by atoms with Crippen LogP contribution in [0.25, 0.3) is 11.3 Å². The van der Waals surface area contributed by atoms with Crippen LogP contribution in [-0.4, -0.2) is 9.66 Å². The molecule has 0 fully saturated rings. The van der Waals surface area contributed by atoms with E-state index in [1.54, 1.807) is 18.2 Å². The highest BCUT2D eigenvalue weighted by molar-refractivity contribution is 6.35. The summed E-state index contributed by atoms with van der Waals surface area (Å²) in [7, 11) is 0. The van der Waals surface area contributed by atoms with Gasteiger partial charge in [0.2, 0.25) is 0 Å². The molecule has 0 amide bonds. The van der Waals surface area contributed by atoms with E-state index in [9.17, 15) is 0 Å². The molecule has 1 heterocycles. The number of anilines is 1. The van der Waals surface area contributed by atoms with Crippen molar-refractivity contribution in [3.63, 3.8) is 0 Å². The Bertz CT molecular complexity index is 578. The van der Waals surface area contributed by atoms with Crippen LogP contribution in [0.4, 0.5) is 5.82 Å². The van der Waals surface area contributed by atoms with Crippen LogP contribution >= 0.6 is 23.2 Å². The third-order valence-electron chi connectivity index (χ3n) is 2.68. The average Bonchev–Trinajstić information content (AvgIpc) is 2.61. The zero-order valence-electron chi connectivity index (χ0n) is 9.95. The molecule has 0 saturated heterocycles. The lowest BCUT2D eigenvalue weighted by molar-refractivity contribution is 0.794. The quantitative estimate of drug-likeness (QED) is 0.851. The third kappa shape index (κ3) is 2.26. The van der Waals surface area contributed by atoms with Crippen molar-refractivity contribution in [1.82, 2.24) is 9.66 Å². The van der Waals surface area contributed by atoms with E-state index in [4.69, 9.17) is 34.8 Å². The number of nitrogens with two attached hydrogens (primary N) is 2. The van der Waals surface area contributed by atoms with Crippen LogP contribution in [-0.2, 0) is 6.42 Å². The number of hydrogen-bond donors (Lipinski definition) is 2. The topological polar surface area (TPSA) is 69.9 Å². The van der Waals surface area contributed by atoms with E-state index < -0.39 is 0 Å². The second-order valence-corrected chi connectivity index (χ2v) is 4.85. The molecular formula is C12H14Cl2N4. The molecule has 0 aliphatic rings. The van der Waals surface area contributed by atoms with Crippen LogP contribution < -0.4 is 11.6 Å². The van der Waals surface area contributed by atoms with Gasteiger partial charge in [0.1, 0.15) is 11.5 Å². The van der Waals surface area contributed by atoms with Gasteiger partial charge >= 0.3 is 0 Å². The molecule has 0 aliphatic carbocycles. The van der Waals surface area contributed by atoms with E-state index in [0.717, 1.165) is 18.7 Å². The molecule has 2 rings (SSSR count). The maximum absolute atomic E-state index is 6.14. The van der Waals surface area contributed by atoms with Crippen molar-refractivity contribution < 1.29 is 0 Å². The van der Waals surface area contributed by atoms with Gasteiger partial charge in [0.05, 0.1) is 5.02 Å². The van der Waals surface area contributed by atoms with Gasteiger partial charge in [0.15, 0.2) is 5.82 Å². The van der Waals surface area contributed by atoms with E-state index in [1.165, 1.54) is 4.68 Å². The Morgan fingerprint density at radius 1 is 1.33 bits per heavy atom. The Morgan fingerprint density at radius 3 is 2.72 bits per heavy atom. The maximum Gasteiger partial charge on any atom is 0.150 e. The van der Waals surface area contributed by atoms with Gasteiger partial charge in [-0.05, 0) is 24.6 Å². The van der Waals surface area contributed by atoms with E-state index in [1.807, 2.05) is 0 Å². The number of rotatable bonds is 3. The fourth-order valence-corrected chi connectivity index (χ4v) is 2.15. The zero-order chi connectivity index (χ0) is 13.3. The van der Waals surface area contributed by atoms with E-state index in [0.29, 0.717) is 27.1 Å². The van der Waals surface area contributed by atoms with Crippen LogP contribution in [0, 0.1) is 0 Å². The summed E-state index contributed by atoms with van der Waals surface area (Å²) in [5, 5.41) is 1.13. The average molecular weight is 285 g/mol. The van der Waals surface area contributed by atoms with Crippen molar-refractivity contribution >= 4 is 29.0 Å². The molecular weight excluding hydrogens is 271 g/mol. The molecule has 0 atom stereocenters. The van der Waals surface area contributed by atoms with E-state index >= 15 is 0 Å². The lowest BCUT2D eigenvalue weighted by Crippen LogP contribution is -2.15. The minimum atomic E-state index is 0.391. The number of halogens is 2. The van der Waals surface area contributed by atoms with E-state index in [2.05, 4.69) is 11.9 Å². The molecule has 4 nitrogen and oxygen atoms in total. The smallest absolute Gasteiger partial charge is 0.150 e. The van der Waals surface area contributed by atoms with Gasteiger partial charge in [-0.15, -0.1) is 0 Å². The SMILES string of the molecule is CCCc1nc(-c2cc(Cl)ccc2Cl)c(N)n1N. The zero-order valence-corrected chi connectivity index (χ0v) is 11.5. The predicted molar refractivity (Wildman–Crippen MR) is 76.2 cm³/mol. The summed E-state index contributed by atoms with van der Waals surface area (Å²) in [5.41, 5.74) is 7.23. The molecule has 6 heteroatoms. The summed E-state index contributed by atoms with van der Waals surface area (Å²) in [6.45, 7) is 2.05. The lowest BCUT2D eigenvalue weighted by Gasteiger charge is -2.03. The summed E-state index contributed by atoms with van der Waals surface area (Å²) in [4.78, 5) is 4.44. The highest BCUT2D eigenvalue weighted by Crippen LogP contribution is 2.33. The molecule has 0 bridgehead atoms. The number of aryl methyl sites for hydroxylation is 1. The molecule has 96 valence electrons. The van der Waals surface area contributed by atoms with Crippen molar-refractivity contribution in [3.05, 3.63) is 34.1 Å². The largest absolute Gasteiger partial charge is 0.382 e. The van der Waals surface area contributed by atoms with Crippen LogP contribution in [0.15, 0.2) is 18.2 Å². The first-order valence-electron chi connectivity index (χ1n) is 5.62. The second-order valence-electron chi connectivity index (χ2n) is 4.01. The molecule has 1 aromatic carbocycles. The minimum absolute atomic E-state index is 0.391. The first-order valence-corrected chi connectivity index (χ1v) is 6.37. The number of hydrogen-bond acceptors (Lipinski definition) is 3. The van der Waals surface area contributed by atoms with Crippen molar-refractivity contribution in [2.45, 2.75) is 19.8 Å². The first-order chi connectivity index (χ1) is 8.54. The maximum atomic E-state index is 6.14. The van der Waals surface area contributed by atoms with Gasteiger partial charge < -0.3 is 11.6 Å². The predicted octanol–water partition coefficient (Wildman–Crippen LogP) is 3.11. The summed E-state index contributed by atoms with van der Waals surface area (Å²) >= 11 is 12.1. The molecule has 2 aromatic rings. The van der Waals surface area contributed by atoms with Crippen molar-refractivity contribution in [2.75, 3.05) is 11.6 Å². The van der Waals surface area contributed by atoms with Crippen LogP contribution in [0.2, 0.25) is 10.0 Å². The van der Waals surface area contributed by atoms with Gasteiger partial charge in [-0.25, -0.2) is 9.66 Å². The minimum Gasteiger partial charge on any atom is -0.382 e. The summed E-state index contributed by atoms with van der Waals surface area (Å²) < 4.78 is 1.40. The Labute approximate surface area is 115 Å². The van der Waals surface area contributed by atoms with Crippen molar-refractivity contribution in [3.8, 4) is 11.3 Å². The number of nitrogens with zero attached hydrogens (tertiary/aromatic N) is 2. The number of aromatic nitrogens is 2. The molecule has 0 aliphatic heterocycles. The summed E-state index contributed by atoms with van der Waals surface area (Å²) in [6, 6.07) is 5.17. The summed E-state index contributed by atoms with van der Waals surface area (Å²) in [5.74, 6) is 7.00. The molecule has 18 heavy (non-hydrogen) atoms.